The standard InChI is InChI=1S/C18H14N2O4/c21-12-7-11-15(20-18(19-11)5-6-24-8-18)14-13(12)16(22)9-3-1-2-4-10(9)17(14)23/h1-4,7,19-21H,5-6,8H2. The number of fused-ring (bicyclic) bond motifs is 4. The molecule has 2 aliphatic heterocycles. The van der Waals surface area contributed by atoms with Crippen molar-refractivity contribution in [2.45, 2.75) is 12.1 Å². The Morgan fingerprint density at radius 2 is 1.75 bits per heavy atom. The van der Waals surface area contributed by atoms with Crippen LogP contribution in [0.3, 0.4) is 0 Å². The molecular weight excluding hydrogens is 308 g/mol. The predicted molar refractivity (Wildman–Crippen MR) is 86.8 cm³/mol. The van der Waals surface area contributed by atoms with Crippen molar-refractivity contribution in [1.82, 2.24) is 0 Å². The summed E-state index contributed by atoms with van der Waals surface area (Å²) in [6.07, 6.45) is 0.732. The Morgan fingerprint density at radius 1 is 1.04 bits per heavy atom. The molecule has 1 fully saturated rings. The highest BCUT2D eigenvalue weighted by Gasteiger charge is 2.44. The Labute approximate surface area is 137 Å². The van der Waals surface area contributed by atoms with Crippen LogP contribution in [0, 0.1) is 0 Å². The van der Waals surface area contributed by atoms with Crippen molar-refractivity contribution < 1.29 is 19.4 Å². The number of ether oxygens (including phenoxy) is 1. The van der Waals surface area contributed by atoms with E-state index >= 15 is 0 Å². The maximum Gasteiger partial charge on any atom is 0.198 e. The normalized spacial score (nSPS) is 23.5. The third-order valence-electron chi connectivity index (χ3n) is 4.94. The highest BCUT2D eigenvalue weighted by molar-refractivity contribution is 6.32. The van der Waals surface area contributed by atoms with E-state index in [0.717, 1.165) is 6.42 Å². The first-order valence-corrected chi connectivity index (χ1v) is 7.82. The van der Waals surface area contributed by atoms with E-state index in [2.05, 4.69) is 10.6 Å². The first-order chi connectivity index (χ1) is 11.6. The van der Waals surface area contributed by atoms with Gasteiger partial charge in [0.2, 0.25) is 0 Å². The molecule has 1 spiro atoms. The van der Waals surface area contributed by atoms with Gasteiger partial charge in [-0.1, -0.05) is 24.3 Å². The zero-order chi connectivity index (χ0) is 16.5. The molecular formula is C18H14N2O4. The third-order valence-corrected chi connectivity index (χ3v) is 4.94. The van der Waals surface area contributed by atoms with E-state index in [9.17, 15) is 14.7 Å². The summed E-state index contributed by atoms with van der Waals surface area (Å²) in [6, 6.07) is 8.21. The lowest BCUT2D eigenvalue weighted by Crippen LogP contribution is -2.42. The van der Waals surface area contributed by atoms with Crippen LogP contribution in [0.25, 0.3) is 0 Å². The molecule has 5 rings (SSSR count). The van der Waals surface area contributed by atoms with Crippen LogP contribution < -0.4 is 10.6 Å². The number of nitrogens with one attached hydrogen (secondary N) is 2. The van der Waals surface area contributed by atoms with Crippen LogP contribution in [0.15, 0.2) is 30.3 Å². The van der Waals surface area contributed by atoms with E-state index in [1.165, 1.54) is 6.07 Å². The molecule has 120 valence electrons. The van der Waals surface area contributed by atoms with E-state index in [-0.39, 0.29) is 28.4 Å². The van der Waals surface area contributed by atoms with Gasteiger partial charge in [0, 0.05) is 23.6 Å². The summed E-state index contributed by atoms with van der Waals surface area (Å²) in [6.45, 7) is 1.06. The number of hydrogen-bond acceptors (Lipinski definition) is 6. The van der Waals surface area contributed by atoms with Gasteiger partial charge in [-0.2, -0.15) is 0 Å². The van der Waals surface area contributed by atoms with Crippen LogP contribution in [-0.4, -0.2) is 35.5 Å². The largest absolute Gasteiger partial charge is 0.507 e. The highest BCUT2D eigenvalue weighted by atomic mass is 16.5. The molecule has 6 nitrogen and oxygen atoms in total. The lowest BCUT2D eigenvalue weighted by molar-refractivity contribution is 0.0977. The van der Waals surface area contributed by atoms with E-state index in [0.29, 0.717) is 35.7 Å². The molecule has 1 aliphatic carbocycles. The van der Waals surface area contributed by atoms with Crippen molar-refractivity contribution in [3.8, 4) is 5.75 Å². The summed E-state index contributed by atoms with van der Waals surface area (Å²) in [4.78, 5) is 25.8. The maximum atomic E-state index is 13.0. The third kappa shape index (κ3) is 1.58. The molecule has 0 radical (unpaired) electrons. The van der Waals surface area contributed by atoms with Gasteiger partial charge < -0.3 is 20.5 Å². The molecule has 1 atom stereocenters. The number of ketones is 2. The number of phenolic OH excluding ortho intramolecular Hbond substituents is 1. The molecule has 0 amide bonds. The highest BCUT2D eigenvalue weighted by Crippen LogP contribution is 2.47. The van der Waals surface area contributed by atoms with E-state index in [4.69, 9.17) is 4.74 Å². The summed E-state index contributed by atoms with van der Waals surface area (Å²) < 4.78 is 5.45. The van der Waals surface area contributed by atoms with Gasteiger partial charge in [-0.15, -0.1) is 0 Å². The number of hydrogen-bond donors (Lipinski definition) is 3. The topological polar surface area (TPSA) is 87.7 Å². The van der Waals surface area contributed by atoms with Crippen LogP contribution in [0.2, 0.25) is 0 Å². The van der Waals surface area contributed by atoms with Crippen LogP contribution in [-0.2, 0) is 4.74 Å². The number of anilines is 2. The summed E-state index contributed by atoms with van der Waals surface area (Å²) in [7, 11) is 0. The molecule has 3 N–H and O–H groups in total. The van der Waals surface area contributed by atoms with Gasteiger partial charge in [0.05, 0.1) is 35.7 Å². The number of phenols is 1. The van der Waals surface area contributed by atoms with Gasteiger partial charge in [0.25, 0.3) is 0 Å². The minimum atomic E-state index is -0.482. The van der Waals surface area contributed by atoms with Crippen molar-refractivity contribution in [3.05, 3.63) is 52.6 Å². The summed E-state index contributed by atoms with van der Waals surface area (Å²) in [5.41, 5.74) is 1.72. The fourth-order valence-electron chi connectivity index (χ4n) is 3.79. The average Bonchev–Trinajstić information content (AvgIpc) is 3.18. The molecule has 1 saturated heterocycles. The van der Waals surface area contributed by atoms with Crippen molar-refractivity contribution >= 4 is 22.9 Å². The van der Waals surface area contributed by atoms with Crippen LogP contribution in [0.5, 0.6) is 5.75 Å². The van der Waals surface area contributed by atoms with Gasteiger partial charge in [0.1, 0.15) is 11.4 Å². The van der Waals surface area contributed by atoms with Gasteiger partial charge in [0.15, 0.2) is 11.6 Å². The van der Waals surface area contributed by atoms with Crippen molar-refractivity contribution in [2.24, 2.45) is 0 Å². The Bertz CT molecular complexity index is 929. The Hall–Kier alpha value is -2.86. The lowest BCUT2D eigenvalue weighted by Gasteiger charge is -2.24. The Kier molecular flexibility index (Phi) is 2.46. The van der Waals surface area contributed by atoms with E-state index in [1.54, 1.807) is 24.3 Å². The molecule has 0 aromatic heterocycles. The van der Waals surface area contributed by atoms with Crippen molar-refractivity contribution in [2.75, 3.05) is 23.8 Å². The SMILES string of the molecule is O=C1c2ccccc2C(=O)c2c3c(cc(O)c21)NC1(CCOC1)N3. The van der Waals surface area contributed by atoms with Crippen molar-refractivity contribution in [1.29, 1.82) is 0 Å². The predicted octanol–water partition coefficient (Wildman–Crippen LogP) is 2.12. The zero-order valence-corrected chi connectivity index (χ0v) is 12.7. The Balaban J connectivity index is 1.75. The number of benzene rings is 2. The second-order valence-electron chi connectivity index (χ2n) is 6.41. The second-order valence-corrected chi connectivity index (χ2v) is 6.41. The zero-order valence-electron chi connectivity index (χ0n) is 12.7. The monoisotopic (exact) mass is 322 g/mol. The summed E-state index contributed by atoms with van der Waals surface area (Å²) >= 11 is 0. The molecule has 1 unspecified atom stereocenters. The first kappa shape index (κ1) is 13.6. The second kappa shape index (κ2) is 4.36. The quantitative estimate of drug-likeness (QED) is 0.550. The number of rotatable bonds is 0. The molecule has 2 heterocycles. The molecule has 3 aliphatic rings. The minimum Gasteiger partial charge on any atom is -0.507 e. The van der Waals surface area contributed by atoms with E-state index in [1.807, 2.05) is 0 Å². The fourth-order valence-corrected chi connectivity index (χ4v) is 3.79. The summed E-state index contributed by atoms with van der Waals surface area (Å²) in [5.74, 6) is -0.759. The fraction of sp³-hybridized carbons (Fsp3) is 0.222. The first-order valence-electron chi connectivity index (χ1n) is 7.82. The number of aromatic hydroxyl groups is 1. The molecule has 0 saturated carbocycles. The minimum absolute atomic E-state index is 0.0720. The van der Waals surface area contributed by atoms with Crippen LogP contribution in [0.1, 0.15) is 38.3 Å². The van der Waals surface area contributed by atoms with Gasteiger partial charge >= 0.3 is 0 Å². The smallest absolute Gasteiger partial charge is 0.198 e. The number of carbonyl (C=O) groups is 2. The van der Waals surface area contributed by atoms with Gasteiger partial charge in [-0.05, 0) is 0 Å². The van der Waals surface area contributed by atoms with Gasteiger partial charge in [-0.3, -0.25) is 9.59 Å². The molecule has 6 heteroatoms. The molecule has 24 heavy (non-hydrogen) atoms. The molecule has 2 aromatic carbocycles. The van der Waals surface area contributed by atoms with Crippen LogP contribution >= 0.6 is 0 Å². The molecule has 2 aromatic rings. The maximum absolute atomic E-state index is 13.0. The average molecular weight is 322 g/mol. The van der Waals surface area contributed by atoms with Crippen molar-refractivity contribution in [3.63, 3.8) is 0 Å². The Morgan fingerprint density at radius 3 is 2.42 bits per heavy atom. The molecule has 0 bridgehead atoms. The van der Waals surface area contributed by atoms with E-state index < -0.39 is 5.66 Å². The van der Waals surface area contributed by atoms with Gasteiger partial charge in [-0.25, -0.2) is 0 Å². The lowest BCUT2D eigenvalue weighted by atomic mass is 9.82. The number of carbonyl (C=O) groups excluding carboxylic acids is 2. The van der Waals surface area contributed by atoms with Crippen LogP contribution in [0.4, 0.5) is 11.4 Å². The summed E-state index contributed by atoms with van der Waals surface area (Å²) in [5, 5.41) is 17.0.